The molecule has 1 aliphatic rings. The molecule has 166 valence electrons. The van der Waals surface area contributed by atoms with Crippen LogP contribution in [0.4, 0.5) is 0 Å². The number of hydrogen-bond donors (Lipinski definition) is 1. The SMILES string of the molecule is CCOc1ccc([C@H]2C(S(=O)(=O)c3ccc(C)cc3)=C(O)C(=O)N2Cc2cccs2)cc1. The van der Waals surface area contributed by atoms with Gasteiger partial charge in [0.05, 0.1) is 24.1 Å². The van der Waals surface area contributed by atoms with Gasteiger partial charge in [0.25, 0.3) is 5.91 Å². The molecule has 2 aromatic carbocycles. The predicted octanol–water partition coefficient (Wildman–Crippen LogP) is 4.78. The fourth-order valence-electron chi connectivity index (χ4n) is 3.73. The van der Waals surface area contributed by atoms with Crippen molar-refractivity contribution in [2.24, 2.45) is 0 Å². The lowest BCUT2D eigenvalue weighted by Gasteiger charge is -2.26. The Labute approximate surface area is 191 Å². The minimum atomic E-state index is -4.13. The molecular formula is C24H23NO5S2. The first-order valence-electron chi connectivity index (χ1n) is 10.1. The lowest BCUT2D eigenvalue weighted by molar-refractivity contribution is -0.130. The molecule has 0 spiro atoms. The molecule has 2 heterocycles. The third-order valence-electron chi connectivity index (χ3n) is 5.29. The van der Waals surface area contributed by atoms with Crippen LogP contribution >= 0.6 is 11.3 Å². The summed E-state index contributed by atoms with van der Waals surface area (Å²) < 4.78 is 32.7. The standard InChI is InChI=1S/C24H23NO5S2/c1-3-30-18-10-8-17(9-11-18)21-23(32(28,29)20-12-6-16(2)7-13-20)22(26)24(27)25(21)15-19-5-4-14-31-19/h4-14,21,26H,3,15H2,1-2H3/t21-/m0/s1. The molecule has 0 unspecified atom stereocenters. The zero-order chi connectivity index (χ0) is 22.9. The summed E-state index contributed by atoms with van der Waals surface area (Å²) in [4.78, 5) is 15.1. The Kier molecular flexibility index (Phi) is 6.08. The van der Waals surface area contributed by atoms with Crippen molar-refractivity contribution in [3.63, 3.8) is 0 Å². The van der Waals surface area contributed by atoms with Crippen LogP contribution in [0, 0.1) is 6.92 Å². The summed E-state index contributed by atoms with van der Waals surface area (Å²) in [6.07, 6.45) is 0. The summed E-state index contributed by atoms with van der Waals surface area (Å²) in [5.41, 5.74) is 1.49. The van der Waals surface area contributed by atoms with E-state index < -0.39 is 27.5 Å². The van der Waals surface area contributed by atoms with Gasteiger partial charge in [-0.3, -0.25) is 4.79 Å². The zero-order valence-corrected chi connectivity index (χ0v) is 19.3. The van der Waals surface area contributed by atoms with Gasteiger partial charge in [-0.25, -0.2) is 8.42 Å². The van der Waals surface area contributed by atoms with Crippen molar-refractivity contribution < 1.29 is 23.1 Å². The van der Waals surface area contributed by atoms with E-state index in [1.165, 1.54) is 28.4 Å². The monoisotopic (exact) mass is 469 g/mol. The highest BCUT2D eigenvalue weighted by Gasteiger charge is 2.46. The highest BCUT2D eigenvalue weighted by molar-refractivity contribution is 7.95. The van der Waals surface area contributed by atoms with Crippen molar-refractivity contribution in [1.82, 2.24) is 4.90 Å². The molecule has 1 atom stereocenters. The van der Waals surface area contributed by atoms with Crippen LogP contribution in [0.15, 0.2) is 81.6 Å². The van der Waals surface area contributed by atoms with Crippen LogP contribution in [-0.4, -0.2) is 30.9 Å². The van der Waals surface area contributed by atoms with E-state index in [1.807, 2.05) is 31.4 Å². The van der Waals surface area contributed by atoms with Gasteiger partial charge in [0.15, 0.2) is 5.76 Å². The number of benzene rings is 2. The molecule has 0 saturated carbocycles. The summed E-state index contributed by atoms with van der Waals surface area (Å²) in [6, 6.07) is 16.1. The number of ether oxygens (including phenoxy) is 1. The molecule has 1 N–H and O–H groups in total. The second-order valence-electron chi connectivity index (χ2n) is 7.45. The van der Waals surface area contributed by atoms with E-state index in [4.69, 9.17) is 4.74 Å². The van der Waals surface area contributed by atoms with Gasteiger partial charge >= 0.3 is 0 Å². The number of aliphatic hydroxyl groups excluding tert-OH is 1. The third-order valence-corrected chi connectivity index (χ3v) is 8.04. The Hall–Kier alpha value is -3.10. The molecule has 6 nitrogen and oxygen atoms in total. The van der Waals surface area contributed by atoms with Crippen molar-refractivity contribution in [3.8, 4) is 5.75 Å². The first kappa shape index (κ1) is 22.1. The Morgan fingerprint density at radius 1 is 1.06 bits per heavy atom. The van der Waals surface area contributed by atoms with Crippen molar-refractivity contribution in [2.75, 3.05) is 6.61 Å². The van der Waals surface area contributed by atoms with Crippen LogP contribution in [0.3, 0.4) is 0 Å². The van der Waals surface area contributed by atoms with Crippen molar-refractivity contribution in [2.45, 2.75) is 31.3 Å². The number of thiophene rings is 1. The molecule has 0 aliphatic carbocycles. The van der Waals surface area contributed by atoms with E-state index in [-0.39, 0.29) is 16.3 Å². The highest BCUT2D eigenvalue weighted by atomic mass is 32.2. The van der Waals surface area contributed by atoms with Gasteiger partial charge in [-0.05, 0) is 55.1 Å². The molecule has 8 heteroatoms. The van der Waals surface area contributed by atoms with E-state index in [1.54, 1.807) is 36.4 Å². The minimum Gasteiger partial charge on any atom is -0.502 e. The molecule has 0 radical (unpaired) electrons. The first-order chi connectivity index (χ1) is 15.3. The van der Waals surface area contributed by atoms with Crippen LogP contribution in [-0.2, 0) is 21.2 Å². The summed E-state index contributed by atoms with van der Waals surface area (Å²) in [5, 5.41) is 12.7. The van der Waals surface area contributed by atoms with Gasteiger partial charge in [-0.2, -0.15) is 0 Å². The lowest BCUT2D eigenvalue weighted by Crippen LogP contribution is -2.30. The summed E-state index contributed by atoms with van der Waals surface area (Å²) >= 11 is 1.46. The van der Waals surface area contributed by atoms with E-state index in [0.29, 0.717) is 17.9 Å². The maximum atomic E-state index is 13.6. The van der Waals surface area contributed by atoms with Gasteiger partial charge < -0.3 is 14.7 Å². The molecule has 0 fully saturated rings. The number of nitrogens with zero attached hydrogens (tertiary/aromatic N) is 1. The lowest BCUT2D eigenvalue weighted by atomic mass is 10.1. The van der Waals surface area contributed by atoms with Crippen LogP contribution in [0.2, 0.25) is 0 Å². The molecule has 1 amide bonds. The molecule has 1 aromatic heterocycles. The van der Waals surface area contributed by atoms with Gasteiger partial charge in [0.2, 0.25) is 9.84 Å². The molecular weight excluding hydrogens is 446 g/mol. The molecule has 3 aromatic rings. The van der Waals surface area contributed by atoms with Gasteiger partial charge in [0, 0.05) is 4.88 Å². The smallest absolute Gasteiger partial charge is 0.290 e. The summed E-state index contributed by atoms with van der Waals surface area (Å²) in [6.45, 7) is 4.42. The molecule has 0 bridgehead atoms. The van der Waals surface area contributed by atoms with Gasteiger partial charge in [-0.15, -0.1) is 11.3 Å². The summed E-state index contributed by atoms with van der Waals surface area (Å²) in [5.74, 6) is -0.800. The third kappa shape index (κ3) is 4.03. The fourth-order valence-corrected chi connectivity index (χ4v) is 6.08. The second kappa shape index (κ2) is 8.80. The average molecular weight is 470 g/mol. The number of sulfone groups is 1. The Morgan fingerprint density at radius 2 is 1.75 bits per heavy atom. The topological polar surface area (TPSA) is 83.9 Å². The Balaban J connectivity index is 1.83. The van der Waals surface area contributed by atoms with Crippen LogP contribution < -0.4 is 4.74 Å². The number of aliphatic hydroxyl groups is 1. The molecule has 1 aliphatic heterocycles. The molecule has 32 heavy (non-hydrogen) atoms. The number of aryl methyl sites for hydroxylation is 1. The normalized spacial score (nSPS) is 16.6. The molecule has 4 rings (SSSR count). The first-order valence-corrected chi connectivity index (χ1v) is 12.5. The average Bonchev–Trinajstić information content (AvgIpc) is 3.37. The maximum Gasteiger partial charge on any atom is 0.290 e. The predicted molar refractivity (Wildman–Crippen MR) is 123 cm³/mol. The number of carbonyl (C=O) groups is 1. The van der Waals surface area contributed by atoms with Crippen LogP contribution in [0.1, 0.15) is 29.0 Å². The van der Waals surface area contributed by atoms with Crippen molar-refractivity contribution in [3.05, 3.63) is 92.7 Å². The quantitative estimate of drug-likeness (QED) is 0.538. The zero-order valence-electron chi connectivity index (χ0n) is 17.7. The Bertz CT molecular complexity index is 1240. The Morgan fingerprint density at radius 3 is 2.34 bits per heavy atom. The van der Waals surface area contributed by atoms with E-state index >= 15 is 0 Å². The number of amides is 1. The van der Waals surface area contributed by atoms with Gasteiger partial charge in [0.1, 0.15) is 10.7 Å². The van der Waals surface area contributed by atoms with E-state index in [9.17, 15) is 18.3 Å². The van der Waals surface area contributed by atoms with Crippen LogP contribution in [0.5, 0.6) is 5.75 Å². The fraction of sp³-hybridized carbons (Fsp3) is 0.208. The number of rotatable bonds is 7. The van der Waals surface area contributed by atoms with Crippen molar-refractivity contribution in [1.29, 1.82) is 0 Å². The van der Waals surface area contributed by atoms with Crippen LogP contribution in [0.25, 0.3) is 0 Å². The number of hydrogen-bond acceptors (Lipinski definition) is 6. The largest absolute Gasteiger partial charge is 0.502 e. The minimum absolute atomic E-state index is 0.0337. The molecule has 0 saturated heterocycles. The van der Waals surface area contributed by atoms with E-state index in [2.05, 4.69) is 0 Å². The maximum absolute atomic E-state index is 13.6. The van der Waals surface area contributed by atoms with Gasteiger partial charge in [-0.1, -0.05) is 35.9 Å². The van der Waals surface area contributed by atoms with Crippen molar-refractivity contribution >= 4 is 27.1 Å². The van der Waals surface area contributed by atoms with E-state index in [0.717, 1.165) is 10.4 Å². The number of carbonyl (C=O) groups excluding carboxylic acids is 1. The second-order valence-corrected chi connectivity index (χ2v) is 10.4. The highest BCUT2D eigenvalue weighted by Crippen LogP contribution is 2.43. The summed E-state index contributed by atoms with van der Waals surface area (Å²) in [7, 11) is -4.13.